The number of nitrogens with one attached hydrogen (secondary N) is 3. The number of amides is 1. The largest absolute Gasteiger partial charge is 0.494 e. The number of hydrogen-bond donors (Lipinski definition) is 3. The van der Waals surface area contributed by atoms with E-state index in [2.05, 4.69) is 47.4 Å². The summed E-state index contributed by atoms with van der Waals surface area (Å²) in [6.45, 7) is 5.17. The van der Waals surface area contributed by atoms with E-state index in [1.54, 1.807) is 35.4 Å². The maximum atomic E-state index is 12.2. The lowest BCUT2D eigenvalue weighted by Gasteiger charge is -2.26. The molecule has 12 heteroatoms. The molecule has 4 rings (SSSR count). The van der Waals surface area contributed by atoms with Gasteiger partial charge in [0, 0.05) is 45.5 Å². The zero-order valence-electron chi connectivity index (χ0n) is 21.6. The number of aromatic nitrogens is 4. The van der Waals surface area contributed by atoms with Crippen molar-refractivity contribution in [1.82, 2.24) is 24.6 Å². The number of likely N-dealkylation sites (N-methyl/N-ethyl adjacent to an activating group) is 2. The van der Waals surface area contributed by atoms with Crippen molar-refractivity contribution in [2.45, 2.75) is 0 Å². The molecular weight excluding hydrogens is 490 g/mol. The highest BCUT2D eigenvalue weighted by molar-refractivity contribution is 7.16. The first-order valence-corrected chi connectivity index (χ1v) is 12.5. The average molecular weight is 522 g/mol. The van der Waals surface area contributed by atoms with Gasteiger partial charge in [0.05, 0.1) is 29.6 Å². The number of methoxy groups -OCH3 is 1. The molecule has 3 N–H and O–H groups in total. The topological polar surface area (TPSA) is 112 Å². The highest BCUT2D eigenvalue weighted by Crippen LogP contribution is 2.38. The van der Waals surface area contributed by atoms with Gasteiger partial charge in [0.25, 0.3) is 0 Å². The van der Waals surface area contributed by atoms with Gasteiger partial charge in [-0.3, -0.25) is 4.79 Å². The molecule has 3 heterocycles. The van der Waals surface area contributed by atoms with Gasteiger partial charge in [0.1, 0.15) is 10.6 Å². The van der Waals surface area contributed by atoms with Crippen molar-refractivity contribution in [1.29, 1.82) is 0 Å². The van der Waals surface area contributed by atoms with E-state index in [-0.39, 0.29) is 5.91 Å². The minimum Gasteiger partial charge on any atom is -0.494 e. The lowest BCUT2D eigenvalue weighted by molar-refractivity contribution is -0.111. The van der Waals surface area contributed by atoms with Crippen molar-refractivity contribution in [3.63, 3.8) is 0 Å². The number of benzene rings is 1. The Balaban J connectivity index is 1.70. The Labute approximate surface area is 219 Å². The fraction of sp³-hybridized carbons (Fsp3) is 0.280. The van der Waals surface area contributed by atoms with Crippen molar-refractivity contribution in [3.8, 4) is 11.6 Å². The monoisotopic (exact) mass is 521 g/mol. The van der Waals surface area contributed by atoms with E-state index in [1.165, 1.54) is 6.08 Å². The second-order valence-electron chi connectivity index (χ2n) is 8.50. The number of hydrogen-bond acceptors (Lipinski definition) is 10. The number of ether oxygens (including phenoxy) is 1. The Bertz CT molecular complexity index is 1410. The Kier molecular flexibility index (Phi) is 7.89. The number of thiophene rings is 1. The van der Waals surface area contributed by atoms with E-state index in [1.807, 2.05) is 51.8 Å². The van der Waals surface area contributed by atoms with Crippen LogP contribution in [0.4, 0.5) is 28.8 Å². The SMILES string of the molecule is C=CC(=O)Nc1cc(Nc2nccc(-n3nc(NC)c4ccsc43)n2)c(OC)cc1N(C)CCN(C)C. The van der Waals surface area contributed by atoms with Gasteiger partial charge in [-0.2, -0.15) is 4.98 Å². The molecule has 0 radical (unpaired) electrons. The Hall–Kier alpha value is -4.16. The van der Waals surface area contributed by atoms with Crippen LogP contribution in [0.3, 0.4) is 0 Å². The minimum absolute atomic E-state index is 0.310. The molecular formula is C25H31N9O2S. The predicted molar refractivity (Wildman–Crippen MR) is 151 cm³/mol. The van der Waals surface area contributed by atoms with E-state index < -0.39 is 0 Å². The summed E-state index contributed by atoms with van der Waals surface area (Å²) in [5, 5.41) is 17.0. The van der Waals surface area contributed by atoms with Crippen LogP contribution in [-0.4, -0.2) is 78.9 Å². The second-order valence-corrected chi connectivity index (χ2v) is 9.40. The molecule has 0 unspecified atom stereocenters. The zero-order valence-corrected chi connectivity index (χ0v) is 22.4. The van der Waals surface area contributed by atoms with Crippen LogP contribution in [0.5, 0.6) is 5.75 Å². The second kappa shape index (κ2) is 11.3. The smallest absolute Gasteiger partial charge is 0.247 e. The normalized spacial score (nSPS) is 11.0. The average Bonchev–Trinajstić information content (AvgIpc) is 3.50. The zero-order chi connectivity index (χ0) is 26.5. The Morgan fingerprint density at radius 1 is 1.22 bits per heavy atom. The number of carbonyl (C=O) groups excluding carboxylic acids is 1. The first-order chi connectivity index (χ1) is 17.8. The van der Waals surface area contributed by atoms with E-state index in [9.17, 15) is 4.79 Å². The van der Waals surface area contributed by atoms with Gasteiger partial charge in [0.2, 0.25) is 11.9 Å². The molecule has 194 valence electrons. The lowest BCUT2D eigenvalue weighted by Crippen LogP contribution is -2.29. The van der Waals surface area contributed by atoms with Gasteiger partial charge in [0.15, 0.2) is 11.6 Å². The fourth-order valence-corrected chi connectivity index (χ4v) is 4.60. The molecule has 0 fully saturated rings. The van der Waals surface area contributed by atoms with Crippen LogP contribution in [-0.2, 0) is 4.79 Å². The molecule has 11 nitrogen and oxygen atoms in total. The summed E-state index contributed by atoms with van der Waals surface area (Å²) in [6, 6.07) is 7.51. The van der Waals surface area contributed by atoms with Crippen LogP contribution in [0.1, 0.15) is 0 Å². The van der Waals surface area contributed by atoms with Crippen LogP contribution < -0.4 is 25.6 Å². The molecule has 0 aliphatic rings. The third-order valence-corrected chi connectivity index (χ3v) is 6.58. The molecule has 1 amide bonds. The number of rotatable bonds is 11. The summed E-state index contributed by atoms with van der Waals surface area (Å²) in [7, 11) is 9.44. The van der Waals surface area contributed by atoms with Gasteiger partial charge in [-0.25, -0.2) is 9.67 Å². The molecule has 0 spiro atoms. The van der Waals surface area contributed by atoms with Crippen molar-refractivity contribution in [2.75, 3.05) is 69.2 Å². The minimum atomic E-state index is -0.310. The summed E-state index contributed by atoms with van der Waals surface area (Å²) >= 11 is 1.58. The van der Waals surface area contributed by atoms with Gasteiger partial charge in [-0.15, -0.1) is 16.4 Å². The third kappa shape index (κ3) is 5.65. The summed E-state index contributed by atoms with van der Waals surface area (Å²) in [6.07, 6.45) is 2.91. The first kappa shape index (κ1) is 25.9. The number of carbonyl (C=O) groups is 1. The maximum absolute atomic E-state index is 12.2. The molecule has 0 atom stereocenters. The van der Waals surface area contributed by atoms with Crippen LogP contribution in [0.2, 0.25) is 0 Å². The molecule has 0 saturated heterocycles. The Morgan fingerprint density at radius 2 is 2.03 bits per heavy atom. The lowest BCUT2D eigenvalue weighted by atomic mass is 10.2. The van der Waals surface area contributed by atoms with Crippen LogP contribution in [0, 0.1) is 0 Å². The summed E-state index contributed by atoms with van der Waals surface area (Å²) in [4.78, 5) is 26.4. The van der Waals surface area contributed by atoms with Crippen LogP contribution >= 0.6 is 11.3 Å². The predicted octanol–water partition coefficient (Wildman–Crippen LogP) is 3.79. The van der Waals surface area contributed by atoms with E-state index in [4.69, 9.17) is 4.74 Å². The summed E-state index contributed by atoms with van der Waals surface area (Å²) < 4.78 is 7.47. The molecule has 3 aromatic heterocycles. The number of fused-ring (bicyclic) bond motifs is 1. The van der Waals surface area contributed by atoms with Crippen LogP contribution in [0.25, 0.3) is 16.0 Å². The van der Waals surface area contributed by atoms with Crippen molar-refractivity contribution in [3.05, 3.63) is 48.5 Å². The van der Waals surface area contributed by atoms with Crippen molar-refractivity contribution in [2.24, 2.45) is 0 Å². The third-order valence-electron chi connectivity index (χ3n) is 5.69. The number of nitrogens with zero attached hydrogens (tertiary/aromatic N) is 6. The van der Waals surface area contributed by atoms with Gasteiger partial charge in [-0.1, -0.05) is 6.58 Å². The van der Waals surface area contributed by atoms with E-state index in [0.717, 1.165) is 34.8 Å². The summed E-state index contributed by atoms with van der Waals surface area (Å²) in [5.41, 5.74) is 2.02. The maximum Gasteiger partial charge on any atom is 0.247 e. The van der Waals surface area contributed by atoms with Gasteiger partial charge in [-0.05, 0) is 37.7 Å². The molecule has 0 aliphatic heterocycles. The molecule has 4 aromatic rings. The Morgan fingerprint density at radius 3 is 2.73 bits per heavy atom. The molecule has 0 aliphatic carbocycles. The molecule has 0 saturated carbocycles. The van der Waals surface area contributed by atoms with Crippen molar-refractivity contribution >= 4 is 56.3 Å². The highest BCUT2D eigenvalue weighted by Gasteiger charge is 2.18. The molecule has 0 bridgehead atoms. The standard InChI is InChI=1S/C25H31N9O2S/c1-7-22(35)28-17-14-18(20(36-6)15-19(17)33(5)12-11-32(3)4)29-25-27-10-8-21(30-25)34-24-16(9-13-37-24)23(26-2)31-34/h7-10,13-15H,1,11-12H2,2-6H3,(H,26,31)(H,28,35)(H,27,29,30). The number of anilines is 5. The van der Waals surface area contributed by atoms with Gasteiger partial charge >= 0.3 is 0 Å². The van der Waals surface area contributed by atoms with Gasteiger partial charge < -0.3 is 30.5 Å². The molecule has 37 heavy (non-hydrogen) atoms. The quantitative estimate of drug-likeness (QED) is 0.254. The summed E-state index contributed by atoms with van der Waals surface area (Å²) in [5.74, 6) is 2.02. The highest BCUT2D eigenvalue weighted by atomic mass is 32.1. The van der Waals surface area contributed by atoms with Crippen LogP contribution in [0.15, 0.2) is 48.5 Å². The fourth-order valence-electron chi connectivity index (χ4n) is 3.74. The van der Waals surface area contributed by atoms with E-state index in [0.29, 0.717) is 28.9 Å². The van der Waals surface area contributed by atoms with E-state index >= 15 is 0 Å². The van der Waals surface area contributed by atoms with Crippen molar-refractivity contribution < 1.29 is 9.53 Å². The molecule has 1 aromatic carbocycles. The first-order valence-electron chi connectivity index (χ1n) is 11.6.